The molecule has 2 atom stereocenters. The first-order valence-electron chi connectivity index (χ1n) is 8.11. The quantitative estimate of drug-likeness (QED) is 0.765. The van der Waals surface area contributed by atoms with Gasteiger partial charge in [-0.05, 0) is 38.3 Å². The van der Waals surface area contributed by atoms with E-state index in [2.05, 4.69) is 16.0 Å². The lowest BCUT2D eigenvalue weighted by Gasteiger charge is -2.21. The summed E-state index contributed by atoms with van der Waals surface area (Å²) in [6.45, 7) is 2.52. The van der Waals surface area contributed by atoms with E-state index in [1.807, 2.05) is 19.1 Å². The largest absolute Gasteiger partial charge is 0.497 e. The predicted molar refractivity (Wildman–Crippen MR) is 90.3 cm³/mol. The molecular weight excluding hydrogens is 310 g/mol. The highest BCUT2D eigenvalue weighted by Gasteiger charge is 2.23. The second-order valence-electron chi connectivity index (χ2n) is 5.79. The van der Waals surface area contributed by atoms with Crippen LogP contribution in [0.5, 0.6) is 11.5 Å². The molecule has 7 heteroatoms. The molecule has 1 aliphatic rings. The van der Waals surface area contributed by atoms with Crippen molar-refractivity contribution in [2.24, 2.45) is 0 Å². The average Bonchev–Trinajstić information content (AvgIpc) is 2.78. The lowest BCUT2D eigenvalue weighted by molar-refractivity contribution is -0.122. The number of nitrogens with one attached hydrogen (secondary N) is 3. The molecule has 3 amide bonds. The number of benzene rings is 1. The minimum atomic E-state index is -0.488. The predicted octanol–water partition coefficient (Wildman–Crippen LogP) is 1.73. The molecule has 1 fully saturated rings. The van der Waals surface area contributed by atoms with Gasteiger partial charge in [0, 0.05) is 18.2 Å². The zero-order chi connectivity index (χ0) is 17.5. The molecule has 0 radical (unpaired) electrons. The van der Waals surface area contributed by atoms with Crippen molar-refractivity contribution in [3.8, 4) is 11.5 Å². The molecule has 0 spiro atoms. The van der Waals surface area contributed by atoms with Gasteiger partial charge in [-0.15, -0.1) is 0 Å². The van der Waals surface area contributed by atoms with Crippen LogP contribution in [-0.4, -0.2) is 38.7 Å². The van der Waals surface area contributed by atoms with Gasteiger partial charge in [-0.3, -0.25) is 4.79 Å². The Kier molecular flexibility index (Phi) is 6.28. The van der Waals surface area contributed by atoms with Crippen LogP contribution >= 0.6 is 0 Å². The van der Waals surface area contributed by atoms with Crippen molar-refractivity contribution in [2.75, 3.05) is 20.8 Å². The second kappa shape index (κ2) is 8.42. The smallest absolute Gasteiger partial charge is 0.315 e. The summed E-state index contributed by atoms with van der Waals surface area (Å²) in [7, 11) is 3.16. The van der Waals surface area contributed by atoms with E-state index in [9.17, 15) is 9.59 Å². The first-order chi connectivity index (χ1) is 11.5. The fourth-order valence-electron chi connectivity index (χ4n) is 2.73. The van der Waals surface area contributed by atoms with E-state index in [1.54, 1.807) is 20.3 Å². The lowest BCUT2D eigenvalue weighted by Crippen LogP contribution is -2.49. The first kappa shape index (κ1) is 17.9. The maximum atomic E-state index is 12.2. The Morgan fingerprint density at radius 3 is 2.79 bits per heavy atom. The molecule has 0 unspecified atom stereocenters. The number of amides is 3. The molecule has 2 rings (SSSR count). The summed E-state index contributed by atoms with van der Waals surface area (Å²) in [4.78, 5) is 24.1. The van der Waals surface area contributed by atoms with Crippen molar-refractivity contribution < 1.29 is 19.1 Å². The Labute approximate surface area is 142 Å². The number of methoxy groups -OCH3 is 2. The van der Waals surface area contributed by atoms with Crippen molar-refractivity contribution in [1.29, 1.82) is 0 Å². The third-order valence-corrected chi connectivity index (χ3v) is 4.10. The van der Waals surface area contributed by atoms with Crippen LogP contribution in [-0.2, 0) is 4.79 Å². The molecule has 0 bridgehead atoms. The molecule has 1 heterocycles. The van der Waals surface area contributed by atoms with Gasteiger partial charge >= 0.3 is 6.03 Å². The minimum Gasteiger partial charge on any atom is -0.497 e. The molecule has 132 valence electrons. The fourth-order valence-corrected chi connectivity index (χ4v) is 2.73. The van der Waals surface area contributed by atoms with Gasteiger partial charge in [-0.2, -0.15) is 0 Å². The lowest BCUT2D eigenvalue weighted by atomic mass is 10.1. The zero-order valence-corrected chi connectivity index (χ0v) is 14.3. The number of hydrogen-bond acceptors (Lipinski definition) is 4. The van der Waals surface area contributed by atoms with Gasteiger partial charge in [0.25, 0.3) is 0 Å². The van der Waals surface area contributed by atoms with E-state index >= 15 is 0 Å². The van der Waals surface area contributed by atoms with Crippen LogP contribution in [0.4, 0.5) is 4.79 Å². The fraction of sp³-hybridized carbons (Fsp3) is 0.529. The maximum absolute atomic E-state index is 12.2. The van der Waals surface area contributed by atoms with E-state index in [-0.39, 0.29) is 18.0 Å². The Balaban J connectivity index is 1.99. The van der Waals surface area contributed by atoms with Crippen LogP contribution in [0.25, 0.3) is 0 Å². The van der Waals surface area contributed by atoms with E-state index < -0.39 is 6.04 Å². The molecule has 0 aliphatic carbocycles. The molecular formula is C17H25N3O4. The number of urea groups is 1. The summed E-state index contributed by atoms with van der Waals surface area (Å²) in [6, 6.07) is 4.29. The van der Waals surface area contributed by atoms with Crippen molar-refractivity contribution in [2.45, 2.75) is 38.3 Å². The highest BCUT2D eigenvalue weighted by atomic mass is 16.5. The highest BCUT2D eigenvalue weighted by molar-refractivity contribution is 5.87. The van der Waals surface area contributed by atoms with Gasteiger partial charge in [-0.1, -0.05) is 0 Å². The summed E-state index contributed by atoms with van der Waals surface area (Å²) in [6.07, 6.45) is 2.50. The van der Waals surface area contributed by atoms with Crippen LogP contribution in [0.1, 0.15) is 37.8 Å². The number of carbonyl (C=O) groups is 2. The van der Waals surface area contributed by atoms with E-state index in [0.29, 0.717) is 24.5 Å². The molecule has 1 aromatic rings. The molecule has 24 heavy (non-hydrogen) atoms. The van der Waals surface area contributed by atoms with Crippen molar-refractivity contribution in [1.82, 2.24) is 16.0 Å². The van der Waals surface area contributed by atoms with E-state index in [4.69, 9.17) is 9.47 Å². The van der Waals surface area contributed by atoms with Crippen LogP contribution in [0.2, 0.25) is 0 Å². The molecule has 1 aromatic carbocycles. The highest BCUT2D eigenvalue weighted by Crippen LogP contribution is 2.29. The zero-order valence-electron chi connectivity index (χ0n) is 14.3. The number of carbonyl (C=O) groups excluding carboxylic acids is 2. The minimum absolute atomic E-state index is 0.127. The monoisotopic (exact) mass is 335 g/mol. The molecule has 0 saturated carbocycles. The van der Waals surface area contributed by atoms with Gasteiger partial charge in [0.2, 0.25) is 5.91 Å². The summed E-state index contributed by atoms with van der Waals surface area (Å²) in [5.41, 5.74) is 0.832. The van der Waals surface area contributed by atoms with Gasteiger partial charge in [-0.25, -0.2) is 4.79 Å². The topological polar surface area (TPSA) is 88.7 Å². The third-order valence-electron chi connectivity index (χ3n) is 4.10. The average molecular weight is 335 g/mol. The SMILES string of the molecule is COc1ccc([C@H](C)NC(=O)N[C@H]2CCCCNC2=O)c(OC)c1. The van der Waals surface area contributed by atoms with Gasteiger partial charge in [0.15, 0.2) is 0 Å². The van der Waals surface area contributed by atoms with E-state index in [0.717, 1.165) is 18.4 Å². The molecule has 3 N–H and O–H groups in total. The van der Waals surface area contributed by atoms with Crippen LogP contribution in [0.3, 0.4) is 0 Å². The molecule has 0 aromatic heterocycles. The van der Waals surface area contributed by atoms with Crippen LogP contribution < -0.4 is 25.4 Å². The summed E-state index contributed by atoms with van der Waals surface area (Å²) < 4.78 is 10.5. The maximum Gasteiger partial charge on any atom is 0.315 e. The Bertz CT molecular complexity index is 591. The third kappa shape index (κ3) is 4.53. The van der Waals surface area contributed by atoms with Crippen LogP contribution in [0.15, 0.2) is 18.2 Å². The van der Waals surface area contributed by atoms with Gasteiger partial charge < -0.3 is 25.4 Å². The normalized spacial score (nSPS) is 18.8. The molecule has 7 nitrogen and oxygen atoms in total. The van der Waals surface area contributed by atoms with Crippen molar-refractivity contribution in [3.63, 3.8) is 0 Å². The Morgan fingerprint density at radius 1 is 1.29 bits per heavy atom. The Hall–Kier alpha value is -2.44. The second-order valence-corrected chi connectivity index (χ2v) is 5.79. The molecule has 1 saturated heterocycles. The van der Waals surface area contributed by atoms with Crippen molar-refractivity contribution in [3.05, 3.63) is 23.8 Å². The Morgan fingerprint density at radius 2 is 2.08 bits per heavy atom. The van der Waals surface area contributed by atoms with Gasteiger partial charge in [0.05, 0.1) is 20.3 Å². The summed E-state index contributed by atoms with van der Waals surface area (Å²) in [5.74, 6) is 1.19. The van der Waals surface area contributed by atoms with Crippen LogP contribution in [0, 0.1) is 0 Å². The summed E-state index contributed by atoms with van der Waals surface area (Å²) in [5, 5.41) is 8.39. The molecule has 1 aliphatic heterocycles. The summed E-state index contributed by atoms with van der Waals surface area (Å²) >= 11 is 0. The van der Waals surface area contributed by atoms with E-state index in [1.165, 1.54) is 0 Å². The number of ether oxygens (including phenoxy) is 2. The number of hydrogen-bond donors (Lipinski definition) is 3. The van der Waals surface area contributed by atoms with Gasteiger partial charge in [0.1, 0.15) is 17.5 Å². The standard InChI is InChI=1S/C17H25N3O4/c1-11(13-8-7-12(23-2)10-15(13)24-3)19-17(22)20-14-6-4-5-9-18-16(14)21/h7-8,10-11,14H,4-6,9H2,1-3H3,(H,18,21)(H2,19,20,22)/t11-,14-/m0/s1. The van der Waals surface area contributed by atoms with Crippen molar-refractivity contribution >= 4 is 11.9 Å². The number of rotatable bonds is 5. The first-order valence-corrected chi connectivity index (χ1v) is 8.11.